The third-order valence-electron chi connectivity index (χ3n) is 5.35. The van der Waals surface area contributed by atoms with Crippen LogP contribution in [0.1, 0.15) is 35.7 Å². The quantitative estimate of drug-likeness (QED) is 0.702. The summed E-state index contributed by atoms with van der Waals surface area (Å²) in [6.07, 6.45) is 3.03. The molecule has 0 unspecified atom stereocenters. The van der Waals surface area contributed by atoms with Gasteiger partial charge in [-0.15, -0.1) is 0 Å². The Balaban J connectivity index is 1.29. The number of amides is 1. The number of fused-ring (bicyclic) bond motifs is 1. The van der Waals surface area contributed by atoms with Gasteiger partial charge >= 0.3 is 5.97 Å². The normalized spacial score (nSPS) is 20.4. The maximum absolute atomic E-state index is 12.6. The zero-order valence-electron chi connectivity index (χ0n) is 16.5. The van der Waals surface area contributed by atoms with Gasteiger partial charge in [-0.1, -0.05) is 18.2 Å². The zero-order valence-corrected chi connectivity index (χ0v) is 16.5. The van der Waals surface area contributed by atoms with Crippen LogP contribution in [-0.2, 0) is 20.7 Å². The summed E-state index contributed by atoms with van der Waals surface area (Å²) in [5.74, 6) is -0.0629. The molecule has 6 nitrogen and oxygen atoms in total. The molecule has 0 aromatic heterocycles. The number of anilines is 1. The number of esters is 1. The molecule has 2 aromatic carbocycles. The highest BCUT2D eigenvalue weighted by Crippen LogP contribution is 2.31. The number of carbonyl (C=O) groups is 2. The Morgan fingerprint density at radius 1 is 1.14 bits per heavy atom. The predicted octanol–water partition coefficient (Wildman–Crippen LogP) is 3.38. The second-order valence-corrected chi connectivity index (χ2v) is 7.49. The molecular formula is C23H25NO5. The van der Waals surface area contributed by atoms with E-state index in [-0.39, 0.29) is 24.7 Å². The van der Waals surface area contributed by atoms with Gasteiger partial charge in [0.1, 0.15) is 12.4 Å². The lowest BCUT2D eigenvalue weighted by atomic mass is 10.1. The molecule has 0 N–H and O–H groups in total. The SMILES string of the molecule is C[C@@H]1Cc2ccccc2N1C(=O)COC(=O)c1ccc(OC[C@@H]2CCCO2)cc1. The first-order valence-electron chi connectivity index (χ1n) is 10.0. The van der Waals surface area contributed by atoms with Crippen LogP contribution < -0.4 is 9.64 Å². The lowest BCUT2D eigenvalue weighted by Gasteiger charge is -2.22. The molecule has 0 spiro atoms. The van der Waals surface area contributed by atoms with Gasteiger partial charge in [-0.05, 0) is 62.1 Å². The van der Waals surface area contributed by atoms with Gasteiger partial charge in [0.2, 0.25) is 0 Å². The number of para-hydroxylation sites is 1. The van der Waals surface area contributed by atoms with Gasteiger partial charge < -0.3 is 19.1 Å². The Morgan fingerprint density at radius 3 is 2.69 bits per heavy atom. The lowest BCUT2D eigenvalue weighted by Crippen LogP contribution is -2.38. The van der Waals surface area contributed by atoms with Crippen molar-refractivity contribution in [3.63, 3.8) is 0 Å². The Hall–Kier alpha value is -2.86. The van der Waals surface area contributed by atoms with Crippen LogP contribution in [0.2, 0.25) is 0 Å². The molecule has 0 bridgehead atoms. The van der Waals surface area contributed by atoms with E-state index >= 15 is 0 Å². The van der Waals surface area contributed by atoms with E-state index in [9.17, 15) is 9.59 Å². The van der Waals surface area contributed by atoms with Gasteiger partial charge in [-0.25, -0.2) is 4.79 Å². The second kappa shape index (κ2) is 8.66. The minimum Gasteiger partial charge on any atom is -0.491 e. The van der Waals surface area contributed by atoms with E-state index in [0.29, 0.717) is 17.9 Å². The largest absolute Gasteiger partial charge is 0.491 e. The fourth-order valence-electron chi connectivity index (χ4n) is 3.88. The average molecular weight is 395 g/mol. The van der Waals surface area contributed by atoms with E-state index in [1.807, 2.05) is 31.2 Å². The number of benzene rings is 2. The van der Waals surface area contributed by atoms with Crippen LogP contribution >= 0.6 is 0 Å². The van der Waals surface area contributed by atoms with Gasteiger partial charge in [-0.2, -0.15) is 0 Å². The number of hydrogen-bond acceptors (Lipinski definition) is 5. The molecule has 1 amide bonds. The van der Waals surface area contributed by atoms with Crippen molar-refractivity contribution in [3.8, 4) is 5.75 Å². The molecule has 2 aromatic rings. The van der Waals surface area contributed by atoms with Crippen LogP contribution in [0.25, 0.3) is 0 Å². The summed E-state index contributed by atoms with van der Waals surface area (Å²) in [5, 5.41) is 0. The smallest absolute Gasteiger partial charge is 0.338 e. The lowest BCUT2D eigenvalue weighted by molar-refractivity contribution is -0.122. The topological polar surface area (TPSA) is 65.1 Å². The number of ether oxygens (including phenoxy) is 3. The first-order valence-corrected chi connectivity index (χ1v) is 10.0. The molecule has 2 aliphatic rings. The average Bonchev–Trinajstić information content (AvgIpc) is 3.37. The van der Waals surface area contributed by atoms with Crippen LogP contribution in [0.5, 0.6) is 5.75 Å². The molecule has 1 saturated heterocycles. The summed E-state index contributed by atoms with van der Waals surface area (Å²) in [5.41, 5.74) is 2.42. The van der Waals surface area contributed by atoms with Crippen molar-refractivity contribution in [1.29, 1.82) is 0 Å². The maximum atomic E-state index is 12.6. The number of rotatable bonds is 6. The summed E-state index contributed by atoms with van der Waals surface area (Å²) in [7, 11) is 0. The number of hydrogen-bond donors (Lipinski definition) is 0. The van der Waals surface area contributed by atoms with E-state index in [1.54, 1.807) is 29.2 Å². The van der Waals surface area contributed by atoms with Crippen LogP contribution in [0.3, 0.4) is 0 Å². The summed E-state index contributed by atoms with van der Waals surface area (Å²) >= 11 is 0. The molecule has 29 heavy (non-hydrogen) atoms. The summed E-state index contributed by atoms with van der Waals surface area (Å²) in [6.45, 7) is 3.01. The predicted molar refractivity (Wildman–Crippen MR) is 108 cm³/mol. The minimum absolute atomic E-state index is 0.0545. The first-order chi connectivity index (χ1) is 14.1. The third kappa shape index (κ3) is 4.43. The van der Waals surface area contributed by atoms with E-state index in [0.717, 1.165) is 37.1 Å². The highest BCUT2D eigenvalue weighted by Gasteiger charge is 2.31. The zero-order chi connectivity index (χ0) is 20.2. The standard InChI is InChI=1S/C23H25NO5/c1-16-13-18-5-2-3-7-21(18)24(16)22(25)15-29-23(26)17-8-10-19(11-9-17)28-14-20-6-4-12-27-20/h2-3,5,7-11,16,20H,4,6,12-15H2,1H3/t16-,20+/m1/s1. The molecule has 6 heteroatoms. The maximum Gasteiger partial charge on any atom is 0.338 e. The van der Waals surface area contributed by atoms with Crippen LogP contribution in [0.4, 0.5) is 5.69 Å². The Labute approximate surface area is 170 Å². The number of carbonyl (C=O) groups excluding carboxylic acids is 2. The van der Waals surface area contributed by atoms with Crippen LogP contribution in [-0.4, -0.2) is 43.8 Å². The summed E-state index contributed by atoms with van der Waals surface area (Å²) in [4.78, 5) is 26.7. The molecule has 152 valence electrons. The van der Waals surface area contributed by atoms with Gasteiger partial charge in [0.15, 0.2) is 6.61 Å². The molecular weight excluding hydrogens is 370 g/mol. The van der Waals surface area contributed by atoms with Gasteiger partial charge in [0.25, 0.3) is 5.91 Å². The summed E-state index contributed by atoms with van der Waals surface area (Å²) < 4.78 is 16.5. The first kappa shape index (κ1) is 19.5. The Bertz CT molecular complexity index is 873. The van der Waals surface area contributed by atoms with Crippen molar-refractivity contribution in [2.75, 3.05) is 24.7 Å². The van der Waals surface area contributed by atoms with Crippen molar-refractivity contribution in [1.82, 2.24) is 0 Å². The third-order valence-corrected chi connectivity index (χ3v) is 5.35. The Kier molecular flexibility index (Phi) is 5.81. The minimum atomic E-state index is -0.524. The highest BCUT2D eigenvalue weighted by atomic mass is 16.5. The summed E-state index contributed by atoms with van der Waals surface area (Å²) in [6, 6.07) is 14.6. The molecule has 0 aliphatic carbocycles. The molecule has 0 radical (unpaired) electrons. The Morgan fingerprint density at radius 2 is 1.93 bits per heavy atom. The molecule has 1 fully saturated rings. The van der Waals surface area contributed by atoms with Crippen LogP contribution in [0.15, 0.2) is 48.5 Å². The molecule has 2 atom stereocenters. The molecule has 0 saturated carbocycles. The van der Waals surface area contributed by atoms with E-state index in [4.69, 9.17) is 14.2 Å². The van der Waals surface area contributed by atoms with Gasteiger partial charge in [-0.3, -0.25) is 4.79 Å². The monoisotopic (exact) mass is 395 g/mol. The van der Waals surface area contributed by atoms with Crippen molar-refractivity contribution in [3.05, 3.63) is 59.7 Å². The van der Waals surface area contributed by atoms with E-state index in [1.165, 1.54) is 0 Å². The fraction of sp³-hybridized carbons (Fsp3) is 0.391. The fourth-order valence-corrected chi connectivity index (χ4v) is 3.88. The van der Waals surface area contributed by atoms with E-state index in [2.05, 4.69) is 0 Å². The number of nitrogens with zero attached hydrogens (tertiary/aromatic N) is 1. The van der Waals surface area contributed by atoms with Gasteiger partial charge in [0, 0.05) is 18.3 Å². The van der Waals surface area contributed by atoms with Crippen molar-refractivity contribution < 1.29 is 23.8 Å². The second-order valence-electron chi connectivity index (χ2n) is 7.49. The van der Waals surface area contributed by atoms with Crippen LogP contribution in [0, 0.1) is 0 Å². The van der Waals surface area contributed by atoms with E-state index < -0.39 is 5.97 Å². The van der Waals surface area contributed by atoms with Crippen molar-refractivity contribution in [2.24, 2.45) is 0 Å². The molecule has 2 heterocycles. The highest BCUT2D eigenvalue weighted by molar-refractivity contribution is 5.99. The van der Waals surface area contributed by atoms with Crippen molar-refractivity contribution in [2.45, 2.75) is 38.3 Å². The van der Waals surface area contributed by atoms with Gasteiger partial charge in [0.05, 0.1) is 11.7 Å². The van der Waals surface area contributed by atoms with Crippen molar-refractivity contribution >= 4 is 17.6 Å². The molecule has 4 rings (SSSR count). The molecule has 2 aliphatic heterocycles.